The van der Waals surface area contributed by atoms with Gasteiger partial charge in [0.2, 0.25) is 0 Å². The van der Waals surface area contributed by atoms with Gasteiger partial charge in [0.05, 0.1) is 28.8 Å². The number of benzene rings is 1. The smallest absolute Gasteiger partial charge is 0.129 e. The molecule has 0 aliphatic carbocycles. The first-order chi connectivity index (χ1) is 17.1. The van der Waals surface area contributed by atoms with Gasteiger partial charge in [0.1, 0.15) is 23.0 Å². The summed E-state index contributed by atoms with van der Waals surface area (Å²) in [6.07, 6.45) is 9.16. The van der Waals surface area contributed by atoms with Crippen LogP contribution in [0.1, 0.15) is 43.3 Å². The molecule has 2 fully saturated rings. The fourth-order valence-corrected chi connectivity index (χ4v) is 5.59. The summed E-state index contributed by atoms with van der Waals surface area (Å²) in [6, 6.07) is 7.50. The van der Waals surface area contributed by atoms with E-state index in [1.54, 1.807) is 6.20 Å². The SMILES string of the molecule is Fc1ccc(F)c([C@H]2CCCN2c2ccc3ncc(Cl)c(-c4cnn(C5CCNCC5)c4)c3n2)c1. The van der Waals surface area contributed by atoms with E-state index in [0.717, 1.165) is 61.5 Å². The lowest BCUT2D eigenvalue weighted by molar-refractivity contribution is 0.343. The highest BCUT2D eigenvalue weighted by Crippen LogP contribution is 2.39. The van der Waals surface area contributed by atoms with Crippen molar-refractivity contribution in [2.24, 2.45) is 0 Å². The molecule has 2 saturated heterocycles. The Balaban J connectivity index is 1.41. The van der Waals surface area contributed by atoms with Crippen LogP contribution in [0.2, 0.25) is 5.02 Å². The van der Waals surface area contributed by atoms with Gasteiger partial charge in [-0.25, -0.2) is 13.8 Å². The molecule has 35 heavy (non-hydrogen) atoms. The zero-order valence-corrected chi connectivity index (χ0v) is 19.8. The van der Waals surface area contributed by atoms with E-state index in [1.165, 1.54) is 12.1 Å². The molecule has 9 heteroatoms. The van der Waals surface area contributed by atoms with Crippen molar-refractivity contribution in [3.63, 3.8) is 0 Å². The molecule has 1 atom stereocenters. The average molecular weight is 495 g/mol. The number of halogens is 3. The lowest BCUT2D eigenvalue weighted by Gasteiger charge is -2.27. The van der Waals surface area contributed by atoms with Crippen LogP contribution in [-0.4, -0.2) is 39.4 Å². The van der Waals surface area contributed by atoms with Gasteiger partial charge < -0.3 is 10.2 Å². The van der Waals surface area contributed by atoms with Crippen LogP contribution in [0.4, 0.5) is 14.6 Å². The van der Waals surface area contributed by atoms with E-state index in [2.05, 4.69) is 15.4 Å². The molecule has 2 aliphatic heterocycles. The van der Waals surface area contributed by atoms with E-state index in [9.17, 15) is 8.78 Å². The van der Waals surface area contributed by atoms with Crippen LogP contribution in [0.15, 0.2) is 48.9 Å². The van der Waals surface area contributed by atoms with Gasteiger partial charge in [-0.2, -0.15) is 5.10 Å². The summed E-state index contributed by atoms with van der Waals surface area (Å²) in [6.45, 7) is 2.66. The van der Waals surface area contributed by atoms with Gasteiger partial charge in [-0.1, -0.05) is 11.6 Å². The molecule has 0 bridgehead atoms. The van der Waals surface area contributed by atoms with Crippen LogP contribution in [0.25, 0.3) is 22.2 Å². The first-order valence-electron chi connectivity index (χ1n) is 12.0. The Morgan fingerprint density at radius 2 is 1.89 bits per heavy atom. The van der Waals surface area contributed by atoms with Crippen molar-refractivity contribution in [1.82, 2.24) is 25.1 Å². The van der Waals surface area contributed by atoms with Gasteiger partial charge in [0.25, 0.3) is 0 Å². The van der Waals surface area contributed by atoms with Crippen molar-refractivity contribution >= 4 is 28.5 Å². The number of nitrogens with one attached hydrogen (secondary N) is 1. The van der Waals surface area contributed by atoms with E-state index in [-0.39, 0.29) is 6.04 Å². The lowest BCUT2D eigenvalue weighted by atomic mass is 10.0. The third kappa shape index (κ3) is 4.15. The predicted molar refractivity (Wildman–Crippen MR) is 133 cm³/mol. The van der Waals surface area contributed by atoms with Gasteiger partial charge in [-0.15, -0.1) is 0 Å². The Labute approximate surface area is 206 Å². The Kier molecular flexibility index (Phi) is 5.86. The van der Waals surface area contributed by atoms with E-state index >= 15 is 0 Å². The number of hydrogen-bond acceptors (Lipinski definition) is 5. The minimum absolute atomic E-state index is 0.283. The van der Waals surface area contributed by atoms with Gasteiger partial charge in [0, 0.05) is 35.6 Å². The second-order valence-electron chi connectivity index (χ2n) is 9.23. The summed E-state index contributed by atoms with van der Waals surface area (Å²) < 4.78 is 30.5. The number of rotatable bonds is 4. The summed E-state index contributed by atoms with van der Waals surface area (Å²) in [5.74, 6) is -0.150. The molecule has 2 aliphatic rings. The van der Waals surface area contributed by atoms with Crippen molar-refractivity contribution in [2.75, 3.05) is 24.5 Å². The van der Waals surface area contributed by atoms with Gasteiger partial charge in [0.15, 0.2) is 0 Å². The summed E-state index contributed by atoms with van der Waals surface area (Å²) in [5, 5.41) is 8.51. The highest BCUT2D eigenvalue weighted by molar-refractivity contribution is 6.34. The standard InChI is InChI=1S/C26H25ClF2N6/c27-20-14-31-22-5-6-24(34-11-1-2-23(34)19-12-17(28)3-4-21(19)29)33-26(22)25(20)16-13-32-35(15-16)18-7-9-30-10-8-18/h3-6,12-15,18,23,30H,1-2,7-11H2/t23-/m1/s1. The molecular weight excluding hydrogens is 470 g/mol. The van der Waals surface area contributed by atoms with Gasteiger partial charge in [-0.3, -0.25) is 9.67 Å². The number of fused-ring (bicyclic) bond motifs is 1. The minimum atomic E-state index is -0.441. The molecule has 6 nitrogen and oxygen atoms in total. The molecule has 6 rings (SSSR count). The Morgan fingerprint density at radius 1 is 1.03 bits per heavy atom. The van der Waals surface area contributed by atoms with Crippen molar-refractivity contribution in [1.29, 1.82) is 0 Å². The molecule has 3 aromatic heterocycles. The maximum absolute atomic E-state index is 14.6. The second-order valence-corrected chi connectivity index (χ2v) is 9.63. The minimum Gasteiger partial charge on any atom is -0.349 e. The van der Waals surface area contributed by atoms with Crippen molar-refractivity contribution in [2.45, 2.75) is 37.8 Å². The molecule has 1 aromatic carbocycles. The molecular formula is C26H25ClF2N6. The van der Waals surface area contributed by atoms with Gasteiger partial charge >= 0.3 is 0 Å². The average Bonchev–Trinajstić information content (AvgIpc) is 3.56. The summed E-state index contributed by atoms with van der Waals surface area (Å²) in [5.41, 5.74) is 3.42. The van der Waals surface area contributed by atoms with Crippen LogP contribution >= 0.6 is 11.6 Å². The van der Waals surface area contributed by atoms with E-state index in [4.69, 9.17) is 16.6 Å². The van der Waals surface area contributed by atoms with Crippen LogP contribution < -0.4 is 10.2 Å². The zero-order valence-electron chi connectivity index (χ0n) is 19.1. The molecule has 5 heterocycles. The normalized spacial score (nSPS) is 19.1. The number of piperidine rings is 1. The maximum Gasteiger partial charge on any atom is 0.129 e. The third-order valence-corrected chi connectivity index (χ3v) is 7.38. The summed E-state index contributed by atoms with van der Waals surface area (Å²) in [7, 11) is 0. The van der Waals surface area contributed by atoms with Crippen LogP contribution in [0.5, 0.6) is 0 Å². The van der Waals surface area contributed by atoms with E-state index in [0.29, 0.717) is 34.5 Å². The third-order valence-electron chi connectivity index (χ3n) is 7.09. The lowest BCUT2D eigenvalue weighted by Crippen LogP contribution is -2.29. The van der Waals surface area contributed by atoms with Crippen molar-refractivity contribution in [3.05, 3.63) is 71.1 Å². The Hall–Kier alpha value is -3.10. The molecule has 0 saturated carbocycles. The first kappa shape index (κ1) is 22.4. The van der Waals surface area contributed by atoms with Crippen molar-refractivity contribution < 1.29 is 8.78 Å². The van der Waals surface area contributed by atoms with Crippen molar-refractivity contribution in [3.8, 4) is 11.1 Å². The maximum atomic E-state index is 14.6. The molecule has 0 amide bonds. The fourth-order valence-electron chi connectivity index (χ4n) is 5.34. The highest BCUT2D eigenvalue weighted by Gasteiger charge is 2.30. The number of nitrogens with zero attached hydrogens (tertiary/aromatic N) is 5. The molecule has 0 unspecified atom stereocenters. The highest BCUT2D eigenvalue weighted by atomic mass is 35.5. The molecule has 180 valence electrons. The van der Waals surface area contributed by atoms with Crippen LogP contribution in [0, 0.1) is 11.6 Å². The summed E-state index contributed by atoms with van der Waals surface area (Å²) in [4.78, 5) is 11.5. The molecule has 0 radical (unpaired) electrons. The Morgan fingerprint density at radius 3 is 2.74 bits per heavy atom. The monoisotopic (exact) mass is 494 g/mol. The summed E-state index contributed by atoms with van der Waals surface area (Å²) >= 11 is 6.65. The quantitative estimate of drug-likeness (QED) is 0.395. The number of hydrogen-bond donors (Lipinski definition) is 1. The molecule has 4 aromatic rings. The van der Waals surface area contributed by atoms with E-state index < -0.39 is 11.6 Å². The topological polar surface area (TPSA) is 58.9 Å². The fraction of sp³-hybridized carbons (Fsp3) is 0.346. The number of aromatic nitrogens is 4. The number of anilines is 1. The van der Waals surface area contributed by atoms with E-state index in [1.807, 2.05) is 34.1 Å². The van der Waals surface area contributed by atoms with Crippen LogP contribution in [0.3, 0.4) is 0 Å². The molecule has 1 N–H and O–H groups in total. The largest absolute Gasteiger partial charge is 0.349 e. The zero-order chi connectivity index (χ0) is 23.9. The predicted octanol–water partition coefficient (Wildman–Crippen LogP) is 5.69. The van der Waals surface area contributed by atoms with Gasteiger partial charge in [-0.05, 0) is 69.1 Å². The molecule has 0 spiro atoms. The van der Waals surface area contributed by atoms with Crippen LogP contribution in [-0.2, 0) is 0 Å². The number of pyridine rings is 2. The first-order valence-corrected chi connectivity index (χ1v) is 12.4. The second kappa shape index (κ2) is 9.17. The Bertz CT molecular complexity index is 1380.